The lowest BCUT2D eigenvalue weighted by Crippen LogP contribution is -2.32. The Morgan fingerprint density at radius 2 is 2.07 bits per heavy atom. The maximum Gasteiger partial charge on any atom is 0.288 e. The summed E-state index contributed by atoms with van der Waals surface area (Å²) < 4.78 is 49.8. The second kappa shape index (κ2) is 8.17. The average Bonchev–Trinajstić information content (AvgIpc) is 2.69. The van der Waals surface area contributed by atoms with E-state index in [1.165, 1.54) is 18.2 Å². The fourth-order valence-electron chi connectivity index (χ4n) is 2.78. The predicted octanol–water partition coefficient (Wildman–Crippen LogP) is 1.95. The number of Topliss-reactive ketones (excluding diaryl/α,β-unsaturated/α-hetero) is 1. The number of anilines is 1. The molecule has 0 spiro atoms. The van der Waals surface area contributed by atoms with Crippen molar-refractivity contribution < 1.29 is 27.4 Å². The smallest absolute Gasteiger partial charge is 0.288 e. The highest BCUT2D eigenvalue weighted by Crippen LogP contribution is 2.33. The lowest BCUT2D eigenvalue weighted by molar-refractivity contribution is 0.0988. The third-order valence-corrected chi connectivity index (χ3v) is 4.15. The molecule has 0 amide bonds. The molecule has 4 N–H and O–H groups in total. The van der Waals surface area contributed by atoms with Gasteiger partial charge in [0.2, 0.25) is 12.7 Å². The molecule has 0 unspecified atom stereocenters. The number of ketones is 1. The van der Waals surface area contributed by atoms with Gasteiger partial charge in [0.25, 0.3) is 6.02 Å². The van der Waals surface area contributed by atoms with E-state index in [2.05, 4.69) is 19.7 Å². The van der Waals surface area contributed by atoms with E-state index in [0.29, 0.717) is 5.56 Å². The number of benzene rings is 1. The molecule has 1 aromatic heterocycles. The molecule has 29 heavy (non-hydrogen) atoms. The zero-order chi connectivity index (χ0) is 21.0. The van der Waals surface area contributed by atoms with Crippen molar-refractivity contribution in [3.63, 3.8) is 0 Å². The van der Waals surface area contributed by atoms with E-state index in [4.69, 9.17) is 16.2 Å². The van der Waals surface area contributed by atoms with Crippen LogP contribution in [0, 0.1) is 5.82 Å². The predicted molar refractivity (Wildman–Crippen MR) is 97.0 cm³/mol. The fraction of sp³-hybridized carbons (Fsp3) is 0.222. The summed E-state index contributed by atoms with van der Waals surface area (Å²) in [6.07, 6.45) is 3.19. The Bertz CT molecular complexity index is 999. The van der Waals surface area contributed by atoms with Crippen molar-refractivity contribution in [3.8, 4) is 5.88 Å². The van der Waals surface area contributed by atoms with E-state index in [-0.39, 0.29) is 35.4 Å². The second-order valence-corrected chi connectivity index (χ2v) is 6.04. The lowest BCUT2D eigenvalue weighted by Gasteiger charge is -2.27. The third-order valence-electron chi connectivity index (χ3n) is 4.15. The number of carbonyl (C=O) groups excluding carboxylic acids is 1. The number of ether oxygens (including phenoxy) is 2. The quantitative estimate of drug-likeness (QED) is 0.672. The molecule has 0 radical (unpaired) electrons. The molecule has 1 aliphatic rings. The highest BCUT2D eigenvalue weighted by Gasteiger charge is 2.35. The van der Waals surface area contributed by atoms with Crippen molar-refractivity contribution in [1.29, 1.82) is 0 Å². The largest absolute Gasteiger partial charge is 0.445 e. The number of rotatable bonds is 7. The van der Waals surface area contributed by atoms with Gasteiger partial charge in [-0.3, -0.25) is 4.79 Å². The van der Waals surface area contributed by atoms with E-state index in [9.17, 15) is 18.0 Å². The van der Waals surface area contributed by atoms with Crippen LogP contribution in [-0.2, 0) is 16.7 Å². The molecule has 152 valence electrons. The summed E-state index contributed by atoms with van der Waals surface area (Å²) in [6.45, 7) is -2.20. The molecular formula is C18H16F3N5O3. The third kappa shape index (κ3) is 4.13. The van der Waals surface area contributed by atoms with Gasteiger partial charge in [0, 0.05) is 12.0 Å². The summed E-state index contributed by atoms with van der Waals surface area (Å²) in [5.74, 6) is -1.67. The number of carbonyl (C=O) groups is 1. The molecular weight excluding hydrogens is 391 g/mol. The first-order valence-corrected chi connectivity index (χ1v) is 8.27. The molecule has 11 heteroatoms. The Kier molecular flexibility index (Phi) is 5.66. The maximum atomic E-state index is 14.4. The SMILES string of the molecule is NC1=N[C@](CF)(c2cc(CC(=O)c3ncc(OCF)nc3N)ccc2F)C=CO1. The van der Waals surface area contributed by atoms with Gasteiger partial charge in [-0.05, 0) is 23.8 Å². The van der Waals surface area contributed by atoms with Crippen molar-refractivity contribution in [2.45, 2.75) is 12.0 Å². The Hall–Kier alpha value is -3.63. The number of halogens is 3. The van der Waals surface area contributed by atoms with Crippen molar-refractivity contribution in [3.05, 3.63) is 59.4 Å². The van der Waals surface area contributed by atoms with Crippen LogP contribution < -0.4 is 16.2 Å². The number of hydrogen-bond acceptors (Lipinski definition) is 8. The lowest BCUT2D eigenvalue weighted by atomic mass is 9.89. The molecule has 0 fully saturated rings. The summed E-state index contributed by atoms with van der Waals surface area (Å²) in [7, 11) is 0. The van der Waals surface area contributed by atoms with Crippen LogP contribution in [0.15, 0.2) is 41.7 Å². The summed E-state index contributed by atoms with van der Waals surface area (Å²) >= 11 is 0. The van der Waals surface area contributed by atoms with Gasteiger partial charge in [-0.15, -0.1) is 0 Å². The van der Waals surface area contributed by atoms with Gasteiger partial charge >= 0.3 is 0 Å². The van der Waals surface area contributed by atoms with Gasteiger partial charge in [0.1, 0.15) is 23.7 Å². The normalized spacial score (nSPS) is 18.1. The van der Waals surface area contributed by atoms with Crippen molar-refractivity contribution in [2.24, 2.45) is 10.7 Å². The van der Waals surface area contributed by atoms with Gasteiger partial charge in [0.15, 0.2) is 11.6 Å². The Morgan fingerprint density at radius 3 is 2.72 bits per heavy atom. The van der Waals surface area contributed by atoms with Gasteiger partial charge in [-0.1, -0.05) is 6.07 Å². The Morgan fingerprint density at radius 1 is 1.28 bits per heavy atom. The minimum absolute atomic E-state index is 0.112. The van der Waals surface area contributed by atoms with Crippen LogP contribution in [-0.4, -0.2) is 35.3 Å². The van der Waals surface area contributed by atoms with Gasteiger partial charge in [0.05, 0.1) is 12.5 Å². The first-order valence-electron chi connectivity index (χ1n) is 8.27. The van der Waals surface area contributed by atoms with Gasteiger partial charge in [-0.2, -0.15) is 4.98 Å². The fourth-order valence-corrected chi connectivity index (χ4v) is 2.78. The highest BCUT2D eigenvalue weighted by molar-refractivity contribution is 5.99. The van der Waals surface area contributed by atoms with Crippen LogP contribution in [0.2, 0.25) is 0 Å². The van der Waals surface area contributed by atoms with E-state index < -0.39 is 30.7 Å². The van der Waals surface area contributed by atoms with E-state index >= 15 is 0 Å². The Labute approximate surface area is 163 Å². The van der Waals surface area contributed by atoms with Crippen LogP contribution in [0.4, 0.5) is 19.0 Å². The van der Waals surface area contributed by atoms with E-state index in [1.54, 1.807) is 0 Å². The van der Waals surface area contributed by atoms with E-state index in [0.717, 1.165) is 18.5 Å². The first-order chi connectivity index (χ1) is 13.9. The number of nitrogen functional groups attached to an aromatic ring is 1. The number of amidine groups is 1. The molecule has 1 aliphatic heterocycles. The molecule has 2 heterocycles. The second-order valence-electron chi connectivity index (χ2n) is 6.04. The average molecular weight is 407 g/mol. The van der Waals surface area contributed by atoms with Crippen molar-refractivity contribution in [1.82, 2.24) is 9.97 Å². The van der Waals surface area contributed by atoms with Crippen LogP contribution in [0.5, 0.6) is 5.88 Å². The summed E-state index contributed by atoms with van der Waals surface area (Å²) in [5.41, 5.74) is 9.55. The monoisotopic (exact) mass is 407 g/mol. The van der Waals surface area contributed by atoms with Gasteiger partial charge in [-0.25, -0.2) is 23.1 Å². The minimum atomic E-state index is -1.70. The topological polar surface area (TPSA) is 126 Å². The number of aromatic nitrogens is 2. The highest BCUT2D eigenvalue weighted by atomic mass is 19.1. The standard InChI is InChI=1S/C18H16F3N5O3/c19-8-18(3-4-28-17(23)26-18)11-5-10(1-2-12(11)21)6-13(27)15-16(22)25-14(7-24-15)29-9-20/h1-5,7H,6,8-9H2,(H2,22,25)(H2,23,26)/t18-/m1/s1. The van der Waals surface area contributed by atoms with Crippen LogP contribution in [0.1, 0.15) is 21.6 Å². The number of nitrogens with two attached hydrogens (primary N) is 2. The molecule has 0 saturated heterocycles. The summed E-state index contributed by atoms with van der Waals surface area (Å²) in [5, 5.41) is 0. The summed E-state index contributed by atoms with van der Waals surface area (Å²) in [4.78, 5) is 24.0. The molecule has 8 nitrogen and oxygen atoms in total. The number of hydrogen-bond donors (Lipinski definition) is 2. The first kappa shape index (κ1) is 20.1. The molecule has 2 aromatic rings. The Balaban J connectivity index is 1.90. The van der Waals surface area contributed by atoms with Crippen molar-refractivity contribution >= 4 is 17.6 Å². The summed E-state index contributed by atoms with van der Waals surface area (Å²) in [6, 6.07) is 3.45. The molecule has 1 aromatic carbocycles. The number of aliphatic imine (C=N–C) groups is 1. The number of alkyl halides is 2. The van der Waals surface area contributed by atoms with Crippen molar-refractivity contribution in [2.75, 3.05) is 19.3 Å². The van der Waals surface area contributed by atoms with E-state index in [1.807, 2.05) is 0 Å². The molecule has 1 atom stereocenters. The van der Waals surface area contributed by atoms with Crippen LogP contribution in [0.3, 0.4) is 0 Å². The van der Waals surface area contributed by atoms with Crippen LogP contribution >= 0.6 is 0 Å². The number of nitrogens with zero attached hydrogens (tertiary/aromatic N) is 3. The zero-order valence-corrected chi connectivity index (χ0v) is 14.9. The molecule has 0 aliphatic carbocycles. The molecule has 3 rings (SSSR count). The maximum absolute atomic E-state index is 14.4. The molecule has 0 bridgehead atoms. The zero-order valence-electron chi connectivity index (χ0n) is 14.9. The molecule has 0 saturated carbocycles. The van der Waals surface area contributed by atoms with Crippen LogP contribution in [0.25, 0.3) is 0 Å². The van der Waals surface area contributed by atoms with Gasteiger partial charge < -0.3 is 20.9 Å². The minimum Gasteiger partial charge on any atom is -0.445 e.